The van der Waals surface area contributed by atoms with Crippen LogP contribution in [0.25, 0.3) is 0 Å². The summed E-state index contributed by atoms with van der Waals surface area (Å²) in [6, 6.07) is 9.18. The molecule has 0 amide bonds. The van der Waals surface area contributed by atoms with Crippen molar-refractivity contribution in [3.63, 3.8) is 0 Å². The van der Waals surface area contributed by atoms with Crippen LogP contribution in [0.1, 0.15) is 6.42 Å². The Kier molecular flexibility index (Phi) is 5.11. The normalized spacial score (nSPS) is 11.5. The molecule has 0 fully saturated rings. The van der Waals surface area contributed by atoms with E-state index in [1.807, 2.05) is 0 Å². The molecule has 6 nitrogen and oxygen atoms in total. The summed E-state index contributed by atoms with van der Waals surface area (Å²) in [4.78, 5) is 11.5. The third kappa shape index (κ3) is 4.13. The first-order chi connectivity index (χ1) is 10.0. The Bertz CT molecular complexity index is 774. The maximum Gasteiger partial charge on any atom is 0.266 e. The molecule has 0 atom stereocenters. The second-order valence-corrected chi connectivity index (χ2v) is 6.41. The Morgan fingerprint density at radius 3 is 2.67 bits per heavy atom. The third-order valence-electron chi connectivity index (χ3n) is 2.75. The van der Waals surface area contributed by atoms with E-state index in [0.717, 1.165) is 0 Å². The molecule has 0 saturated heterocycles. The van der Waals surface area contributed by atoms with Gasteiger partial charge in [0.25, 0.3) is 5.56 Å². The van der Waals surface area contributed by atoms with E-state index in [0.29, 0.717) is 13.0 Å². The van der Waals surface area contributed by atoms with Crippen LogP contribution in [0.2, 0.25) is 5.02 Å². The average molecular weight is 328 g/mol. The molecule has 0 bridgehead atoms. The van der Waals surface area contributed by atoms with Crippen molar-refractivity contribution in [3.8, 4) is 0 Å². The summed E-state index contributed by atoms with van der Waals surface area (Å²) < 4.78 is 27.8. The van der Waals surface area contributed by atoms with Crippen molar-refractivity contribution in [2.24, 2.45) is 0 Å². The minimum Gasteiger partial charge on any atom is -0.268 e. The summed E-state index contributed by atoms with van der Waals surface area (Å²) >= 11 is 5.86. The van der Waals surface area contributed by atoms with Gasteiger partial charge in [0.05, 0.1) is 5.02 Å². The number of nitrogens with one attached hydrogen (secondary N) is 1. The molecular formula is C13H14ClN3O3S. The minimum atomic E-state index is -3.65. The van der Waals surface area contributed by atoms with Crippen molar-refractivity contribution in [3.05, 3.63) is 58.0 Å². The fourth-order valence-electron chi connectivity index (χ4n) is 1.73. The number of hydrogen-bond acceptors (Lipinski definition) is 4. The summed E-state index contributed by atoms with van der Waals surface area (Å²) in [5.41, 5.74) is -0.216. The Hall–Kier alpha value is -1.70. The van der Waals surface area contributed by atoms with Gasteiger partial charge < -0.3 is 0 Å². The van der Waals surface area contributed by atoms with Gasteiger partial charge in [-0.25, -0.2) is 17.8 Å². The molecule has 0 aliphatic heterocycles. The highest BCUT2D eigenvalue weighted by atomic mass is 35.5. The Morgan fingerprint density at radius 1 is 1.19 bits per heavy atom. The van der Waals surface area contributed by atoms with E-state index in [9.17, 15) is 13.2 Å². The average Bonchev–Trinajstić information content (AvgIpc) is 2.45. The monoisotopic (exact) mass is 327 g/mol. The molecule has 1 N–H and O–H groups in total. The van der Waals surface area contributed by atoms with Gasteiger partial charge in [0.15, 0.2) is 0 Å². The first-order valence-corrected chi connectivity index (χ1v) is 8.13. The predicted octanol–water partition coefficient (Wildman–Crippen LogP) is 1.27. The van der Waals surface area contributed by atoms with Gasteiger partial charge in [-0.05, 0) is 24.6 Å². The summed E-state index contributed by atoms with van der Waals surface area (Å²) in [6.07, 6.45) is 1.95. The number of hydrogen-bond donors (Lipinski definition) is 1. The molecule has 2 rings (SSSR count). The molecule has 0 saturated carbocycles. The first kappa shape index (κ1) is 15.7. The summed E-state index contributed by atoms with van der Waals surface area (Å²) in [5, 5.41) is 4.06. The van der Waals surface area contributed by atoms with Crippen molar-refractivity contribution in [2.75, 3.05) is 6.54 Å². The maximum atomic E-state index is 12.1. The maximum absolute atomic E-state index is 12.1. The van der Waals surface area contributed by atoms with E-state index in [-0.39, 0.29) is 22.0 Å². The SMILES string of the molecule is O=c1cccnn1CCCNS(=O)(=O)c1ccccc1Cl. The smallest absolute Gasteiger partial charge is 0.266 e. The Morgan fingerprint density at radius 2 is 1.95 bits per heavy atom. The molecule has 112 valence electrons. The Balaban J connectivity index is 1.93. The fourth-order valence-corrected chi connectivity index (χ4v) is 3.32. The molecule has 0 aliphatic rings. The van der Waals surface area contributed by atoms with E-state index < -0.39 is 10.0 Å². The second-order valence-electron chi connectivity index (χ2n) is 4.27. The van der Waals surface area contributed by atoms with Crippen LogP contribution in [-0.2, 0) is 16.6 Å². The van der Waals surface area contributed by atoms with E-state index >= 15 is 0 Å². The van der Waals surface area contributed by atoms with Crippen LogP contribution in [0.5, 0.6) is 0 Å². The topological polar surface area (TPSA) is 81.1 Å². The lowest BCUT2D eigenvalue weighted by atomic mass is 10.4. The second kappa shape index (κ2) is 6.84. The highest BCUT2D eigenvalue weighted by molar-refractivity contribution is 7.89. The quantitative estimate of drug-likeness (QED) is 0.810. The number of nitrogens with zero attached hydrogens (tertiary/aromatic N) is 2. The molecule has 8 heteroatoms. The van der Waals surface area contributed by atoms with Crippen LogP contribution < -0.4 is 10.3 Å². The summed E-state index contributed by atoms with van der Waals surface area (Å²) in [6.45, 7) is 0.529. The molecule has 2 aromatic rings. The van der Waals surface area contributed by atoms with Gasteiger partial charge in [-0.2, -0.15) is 5.10 Å². The van der Waals surface area contributed by atoms with Crippen LogP contribution in [0.3, 0.4) is 0 Å². The van der Waals surface area contributed by atoms with E-state index in [1.165, 1.54) is 29.1 Å². The van der Waals surface area contributed by atoms with E-state index in [1.54, 1.807) is 18.2 Å². The number of aryl methyl sites for hydroxylation is 1. The lowest BCUT2D eigenvalue weighted by molar-refractivity contribution is 0.535. The molecule has 0 radical (unpaired) electrons. The standard InChI is InChI=1S/C13H14ClN3O3S/c14-11-5-1-2-6-12(11)21(19,20)16-9-4-10-17-13(18)7-3-8-15-17/h1-3,5-8,16H,4,9-10H2. The number of benzene rings is 1. The largest absolute Gasteiger partial charge is 0.268 e. The van der Waals surface area contributed by atoms with Crippen molar-refractivity contribution in [1.82, 2.24) is 14.5 Å². The van der Waals surface area contributed by atoms with Crippen molar-refractivity contribution < 1.29 is 8.42 Å². The zero-order valence-electron chi connectivity index (χ0n) is 11.1. The molecule has 0 aliphatic carbocycles. The van der Waals surface area contributed by atoms with Crippen molar-refractivity contribution in [2.45, 2.75) is 17.9 Å². The molecule has 0 spiro atoms. The molecule has 21 heavy (non-hydrogen) atoms. The third-order valence-corrected chi connectivity index (χ3v) is 4.71. The van der Waals surface area contributed by atoms with E-state index in [2.05, 4.69) is 9.82 Å². The van der Waals surface area contributed by atoms with Gasteiger partial charge in [-0.1, -0.05) is 23.7 Å². The highest BCUT2D eigenvalue weighted by Gasteiger charge is 2.16. The Labute approximate surface area is 127 Å². The first-order valence-electron chi connectivity index (χ1n) is 6.27. The van der Waals surface area contributed by atoms with Crippen LogP contribution in [0.4, 0.5) is 0 Å². The molecule has 1 heterocycles. The van der Waals surface area contributed by atoms with Gasteiger partial charge in [0.1, 0.15) is 4.90 Å². The summed E-state index contributed by atoms with van der Waals surface area (Å²) in [7, 11) is -3.65. The van der Waals surface area contributed by atoms with Crippen LogP contribution in [-0.4, -0.2) is 24.7 Å². The lowest BCUT2D eigenvalue weighted by Crippen LogP contribution is -2.28. The predicted molar refractivity (Wildman–Crippen MR) is 79.8 cm³/mol. The molecule has 1 aromatic heterocycles. The number of aromatic nitrogens is 2. The zero-order valence-corrected chi connectivity index (χ0v) is 12.6. The highest BCUT2D eigenvalue weighted by Crippen LogP contribution is 2.19. The van der Waals surface area contributed by atoms with Crippen LogP contribution in [0, 0.1) is 0 Å². The number of halogens is 1. The molecule has 0 unspecified atom stereocenters. The lowest BCUT2D eigenvalue weighted by Gasteiger charge is -2.08. The number of sulfonamides is 1. The molecular weight excluding hydrogens is 314 g/mol. The van der Waals surface area contributed by atoms with Gasteiger partial charge >= 0.3 is 0 Å². The van der Waals surface area contributed by atoms with Gasteiger partial charge in [0.2, 0.25) is 10.0 Å². The zero-order chi connectivity index (χ0) is 15.3. The van der Waals surface area contributed by atoms with Crippen LogP contribution >= 0.6 is 11.6 Å². The van der Waals surface area contributed by atoms with Gasteiger partial charge in [0, 0.05) is 25.4 Å². The molecule has 1 aromatic carbocycles. The van der Waals surface area contributed by atoms with Crippen LogP contribution in [0.15, 0.2) is 52.3 Å². The van der Waals surface area contributed by atoms with Crippen molar-refractivity contribution in [1.29, 1.82) is 0 Å². The summed E-state index contributed by atoms with van der Waals surface area (Å²) in [5.74, 6) is 0. The van der Waals surface area contributed by atoms with Crippen molar-refractivity contribution >= 4 is 21.6 Å². The fraction of sp³-hybridized carbons (Fsp3) is 0.231. The van der Waals surface area contributed by atoms with E-state index in [4.69, 9.17) is 11.6 Å². The van der Waals surface area contributed by atoms with Gasteiger partial charge in [-0.15, -0.1) is 0 Å². The van der Waals surface area contributed by atoms with Gasteiger partial charge in [-0.3, -0.25) is 4.79 Å². The number of rotatable bonds is 6. The minimum absolute atomic E-state index is 0.0432.